The Morgan fingerprint density at radius 3 is 2.90 bits per heavy atom. The lowest BCUT2D eigenvalue weighted by molar-refractivity contribution is 0.340. The van der Waals surface area contributed by atoms with Gasteiger partial charge in [-0.25, -0.2) is 9.97 Å². The summed E-state index contributed by atoms with van der Waals surface area (Å²) in [6.07, 6.45) is 2.33. The summed E-state index contributed by atoms with van der Waals surface area (Å²) in [7, 11) is 0. The van der Waals surface area contributed by atoms with Crippen molar-refractivity contribution in [3.8, 4) is 5.75 Å². The molecule has 0 unspecified atom stereocenters. The summed E-state index contributed by atoms with van der Waals surface area (Å²) in [4.78, 5) is 8.82. The van der Waals surface area contributed by atoms with E-state index in [0.717, 1.165) is 35.8 Å². The lowest BCUT2D eigenvalue weighted by Gasteiger charge is -2.09. The van der Waals surface area contributed by atoms with Crippen molar-refractivity contribution in [3.63, 3.8) is 0 Å². The summed E-state index contributed by atoms with van der Waals surface area (Å²) in [5, 5.41) is 3.80. The van der Waals surface area contributed by atoms with E-state index in [1.54, 1.807) is 6.07 Å². The van der Waals surface area contributed by atoms with E-state index < -0.39 is 0 Å². The summed E-state index contributed by atoms with van der Waals surface area (Å²) >= 11 is 6.06. The fraction of sp³-hybridized carbons (Fsp3) is 0.375. The molecular formula is C16H18ClN3O. The number of nitrogens with one attached hydrogen (secondary N) is 1. The molecule has 0 radical (unpaired) electrons. The molecule has 2 aromatic rings. The molecule has 0 spiro atoms. The van der Waals surface area contributed by atoms with Gasteiger partial charge in [0.1, 0.15) is 22.5 Å². The Morgan fingerprint density at radius 1 is 1.29 bits per heavy atom. The zero-order chi connectivity index (χ0) is 14.7. The molecule has 110 valence electrons. The van der Waals surface area contributed by atoms with Crippen LogP contribution in [-0.4, -0.2) is 16.6 Å². The van der Waals surface area contributed by atoms with Crippen LogP contribution in [0.3, 0.4) is 0 Å². The normalized spacial score (nSPS) is 14.0. The minimum Gasteiger partial charge on any atom is -0.494 e. The van der Waals surface area contributed by atoms with Crippen molar-refractivity contribution < 1.29 is 4.74 Å². The molecule has 1 aromatic carbocycles. The Hall–Kier alpha value is -1.81. The summed E-state index contributed by atoms with van der Waals surface area (Å²) in [6.45, 7) is 3.33. The maximum Gasteiger partial charge on any atom is 0.135 e. The monoisotopic (exact) mass is 303 g/mol. The standard InChI is InChI=1S/C16H18ClN3O/c1-2-21-13-5-3-4-11(8-13)10-18-15-9-14(17)19-16(20-15)12-6-7-12/h3-5,8-9,12H,2,6-7,10H2,1H3,(H,18,19,20). The summed E-state index contributed by atoms with van der Waals surface area (Å²) in [6, 6.07) is 9.80. The molecule has 1 aliphatic rings. The second kappa shape index (κ2) is 6.31. The molecule has 1 heterocycles. The van der Waals surface area contributed by atoms with Crippen molar-refractivity contribution in [1.29, 1.82) is 0 Å². The highest BCUT2D eigenvalue weighted by Gasteiger charge is 2.27. The maximum atomic E-state index is 6.06. The van der Waals surface area contributed by atoms with Crippen molar-refractivity contribution in [1.82, 2.24) is 9.97 Å². The second-order valence-electron chi connectivity index (χ2n) is 5.14. The number of benzene rings is 1. The Kier molecular flexibility index (Phi) is 4.25. The van der Waals surface area contributed by atoms with Gasteiger partial charge in [0.05, 0.1) is 6.61 Å². The van der Waals surface area contributed by atoms with Gasteiger partial charge in [0, 0.05) is 18.5 Å². The number of nitrogens with zero attached hydrogens (tertiary/aromatic N) is 2. The maximum absolute atomic E-state index is 6.06. The van der Waals surface area contributed by atoms with E-state index >= 15 is 0 Å². The predicted molar refractivity (Wildman–Crippen MR) is 84.0 cm³/mol. The zero-order valence-electron chi connectivity index (χ0n) is 12.0. The summed E-state index contributed by atoms with van der Waals surface area (Å²) in [5.74, 6) is 3.01. The highest BCUT2D eigenvalue weighted by molar-refractivity contribution is 6.29. The van der Waals surface area contributed by atoms with E-state index in [1.807, 2.05) is 25.1 Å². The minimum absolute atomic E-state index is 0.491. The van der Waals surface area contributed by atoms with Gasteiger partial charge in [-0.15, -0.1) is 0 Å². The second-order valence-corrected chi connectivity index (χ2v) is 5.53. The number of anilines is 1. The van der Waals surface area contributed by atoms with Gasteiger partial charge in [-0.05, 0) is 37.5 Å². The molecule has 0 aliphatic heterocycles. The number of hydrogen-bond acceptors (Lipinski definition) is 4. The minimum atomic E-state index is 0.491. The largest absolute Gasteiger partial charge is 0.494 e. The molecule has 1 N–H and O–H groups in total. The van der Waals surface area contributed by atoms with Gasteiger partial charge in [0.15, 0.2) is 0 Å². The molecule has 0 saturated heterocycles. The molecule has 1 aromatic heterocycles. The van der Waals surface area contributed by atoms with Gasteiger partial charge in [-0.2, -0.15) is 0 Å². The highest BCUT2D eigenvalue weighted by Crippen LogP contribution is 2.38. The van der Waals surface area contributed by atoms with Gasteiger partial charge in [0.2, 0.25) is 0 Å². The van der Waals surface area contributed by atoms with Crippen LogP contribution in [0.5, 0.6) is 5.75 Å². The van der Waals surface area contributed by atoms with Crippen molar-refractivity contribution in [2.75, 3.05) is 11.9 Å². The first-order valence-corrected chi connectivity index (χ1v) is 7.62. The van der Waals surface area contributed by atoms with E-state index in [1.165, 1.54) is 0 Å². The topological polar surface area (TPSA) is 47.0 Å². The molecule has 21 heavy (non-hydrogen) atoms. The van der Waals surface area contributed by atoms with E-state index in [4.69, 9.17) is 16.3 Å². The van der Waals surface area contributed by atoms with Gasteiger partial charge >= 0.3 is 0 Å². The zero-order valence-corrected chi connectivity index (χ0v) is 12.7. The lowest BCUT2D eigenvalue weighted by Crippen LogP contribution is -2.04. The number of aromatic nitrogens is 2. The van der Waals surface area contributed by atoms with Gasteiger partial charge in [0.25, 0.3) is 0 Å². The molecule has 5 heteroatoms. The number of hydrogen-bond donors (Lipinski definition) is 1. The third kappa shape index (κ3) is 3.85. The van der Waals surface area contributed by atoms with Gasteiger partial charge in [-0.3, -0.25) is 0 Å². The van der Waals surface area contributed by atoms with Crippen LogP contribution < -0.4 is 10.1 Å². The third-order valence-corrected chi connectivity index (χ3v) is 3.53. The van der Waals surface area contributed by atoms with E-state index in [2.05, 4.69) is 21.4 Å². The van der Waals surface area contributed by atoms with Crippen molar-refractivity contribution in [2.45, 2.75) is 32.2 Å². The summed E-state index contributed by atoms with van der Waals surface area (Å²) < 4.78 is 5.50. The Morgan fingerprint density at radius 2 is 2.14 bits per heavy atom. The van der Waals surface area contributed by atoms with Crippen LogP contribution in [0, 0.1) is 0 Å². The first kappa shape index (κ1) is 14.1. The first-order valence-electron chi connectivity index (χ1n) is 7.24. The van der Waals surface area contributed by atoms with Crippen LogP contribution in [0.4, 0.5) is 5.82 Å². The number of rotatable bonds is 6. The number of ether oxygens (including phenoxy) is 1. The van der Waals surface area contributed by atoms with E-state index in [9.17, 15) is 0 Å². The highest BCUT2D eigenvalue weighted by atomic mass is 35.5. The van der Waals surface area contributed by atoms with E-state index in [0.29, 0.717) is 24.2 Å². The molecular weight excluding hydrogens is 286 g/mol. The smallest absolute Gasteiger partial charge is 0.135 e. The van der Waals surface area contributed by atoms with Gasteiger partial charge in [-0.1, -0.05) is 23.7 Å². The van der Waals surface area contributed by atoms with Crippen LogP contribution in [0.15, 0.2) is 30.3 Å². The molecule has 1 saturated carbocycles. The summed E-state index contributed by atoms with van der Waals surface area (Å²) in [5.41, 5.74) is 1.14. The fourth-order valence-corrected chi connectivity index (χ4v) is 2.34. The van der Waals surface area contributed by atoms with Crippen LogP contribution >= 0.6 is 11.6 Å². The molecule has 0 atom stereocenters. The average Bonchev–Trinajstić information content (AvgIpc) is 3.30. The molecule has 3 rings (SSSR count). The quantitative estimate of drug-likeness (QED) is 0.819. The van der Waals surface area contributed by atoms with E-state index in [-0.39, 0.29) is 0 Å². The first-order chi connectivity index (χ1) is 10.2. The molecule has 0 bridgehead atoms. The lowest BCUT2D eigenvalue weighted by atomic mass is 10.2. The average molecular weight is 304 g/mol. The SMILES string of the molecule is CCOc1cccc(CNc2cc(Cl)nc(C3CC3)n2)c1. The molecule has 1 aliphatic carbocycles. The molecule has 1 fully saturated rings. The Bertz CT molecular complexity index is 629. The predicted octanol–water partition coefficient (Wildman–Crippen LogP) is 4.02. The van der Waals surface area contributed by atoms with Gasteiger partial charge < -0.3 is 10.1 Å². The fourth-order valence-electron chi connectivity index (χ4n) is 2.15. The van der Waals surface area contributed by atoms with Crippen molar-refractivity contribution >= 4 is 17.4 Å². The van der Waals surface area contributed by atoms with Crippen LogP contribution in [0.1, 0.15) is 37.1 Å². The van der Waals surface area contributed by atoms with Crippen molar-refractivity contribution in [2.24, 2.45) is 0 Å². The van der Waals surface area contributed by atoms with Crippen molar-refractivity contribution in [3.05, 3.63) is 46.9 Å². The molecule has 0 amide bonds. The molecule has 4 nitrogen and oxygen atoms in total. The Balaban J connectivity index is 1.68. The van der Waals surface area contributed by atoms with Crippen LogP contribution in [0.2, 0.25) is 5.15 Å². The third-order valence-electron chi connectivity index (χ3n) is 3.34. The Labute approximate surface area is 129 Å². The van der Waals surface area contributed by atoms with Crippen LogP contribution in [-0.2, 0) is 6.54 Å². The van der Waals surface area contributed by atoms with Crippen LogP contribution in [0.25, 0.3) is 0 Å². The number of halogens is 1.